The molecule has 1 N–H and O–H groups in total. The maximum Gasteiger partial charge on any atom is 0.338 e. The third-order valence-corrected chi connectivity index (χ3v) is 2.90. The summed E-state index contributed by atoms with van der Waals surface area (Å²) in [6, 6.07) is 5.43. The van der Waals surface area contributed by atoms with Crippen LogP contribution >= 0.6 is 0 Å². The fourth-order valence-corrected chi connectivity index (χ4v) is 2.04. The van der Waals surface area contributed by atoms with Gasteiger partial charge in [-0.25, -0.2) is 4.79 Å². The van der Waals surface area contributed by atoms with Crippen molar-refractivity contribution in [3.8, 4) is 5.75 Å². The number of benzene rings is 1. The number of rotatable bonds is 2. The Kier molecular flexibility index (Phi) is 2.34. The van der Waals surface area contributed by atoms with Crippen molar-refractivity contribution in [3.63, 3.8) is 0 Å². The number of hydrogen-bond acceptors (Lipinski definition) is 2. The molecule has 0 spiro atoms. The highest BCUT2D eigenvalue weighted by molar-refractivity contribution is 6.06. The number of fused-ring (bicyclic) bond motifs is 1. The van der Waals surface area contributed by atoms with Gasteiger partial charge in [-0.15, -0.1) is 0 Å². The summed E-state index contributed by atoms with van der Waals surface area (Å²) in [7, 11) is 3.42. The average Bonchev–Trinajstić information content (AvgIpc) is 2.51. The molecule has 0 aliphatic heterocycles. The van der Waals surface area contributed by atoms with Crippen molar-refractivity contribution in [1.82, 2.24) is 4.57 Å². The molecule has 0 amide bonds. The Morgan fingerprint density at radius 2 is 2.12 bits per heavy atom. The topological polar surface area (TPSA) is 51.5 Å². The van der Waals surface area contributed by atoms with Gasteiger partial charge in [-0.05, 0) is 13.0 Å². The summed E-state index contributed by atoms with van der Waals surface area (Å²) in [4.78, 5) is 11.2. The number of aryl methyl sites for hydroxylation is 1. The molecule has 84 valence electrons. The first-order chi connectivity index (χ1) is 7.57. The van der Waals surface area contributed by atoms with Gasteiger partial charge >= 0.3 is 5.97 Å². The predicted molar refractivity (Wildman–Crippen MR) is 61.2 cm³/mol. The molecule has 2 rings (SSSR count). The smallest absolute Gasteiger partial charge is 0.338 e. The molecule has 0 fully saturated rings. The van der Waals surface area contributed by atoms with E-state index in [1.54, 1.807) is 26.2 Å². The number of carboxylic acids is 1. The second-order valence-electron chi connectivity index (χ2n) is 3.68. The summed E-state index contributed by atoms with van der Waals surface area (Å²) in [5.74, 6) is -0.216. The minimum atomic E-state index is -0.906. The number of carboxylic acid groups (broad SMARTS) is 1. The van der Waals surface area contributed by atoms with E-state index in [4.69, 9.17) is 4.74 Å². The monoisotopic (exact) mass is 219 g/mol. The lowest BCUT2D eigenvalue weighted by atomic mass is 10.1. The van der Waals surface area contributed by atoms with Gasteiger partial charge in [0.15, 0.2) is 0 Å². The number of hydrogen-bond donors (Lipinski definition) is 1. The van der Waals surface area contributed by atoms with Crippen molar-refractivity contribution in [1.29, 1.82) is 0 Å². The molecule has 2 aromatic rings. The summed E-state index contributed by atoms with van der Waals surface area (Å²) < 4.78 is 7.09. The normalized spacial score (nSPS) is 10.7. The van der Waals surface area contributed by atoms with Crippen LogP contribution in [0.3, 0.4) is 0 Å². The Bertz CT molecular complexity index is 569. The third kappa shape index (κ3) is 1.26. The third-order valence-electron chi connectivity index (χ3n) is 2.90. The van der Waals surface area contributed by atoms with E-state index in [9.17, 15) is 9.90 Å². The molecular formula is C12H13NO3. The van der Waals surface area contributed by atoms with E-state index in [0.717, 1.165) is 11.2 Å². The molecule has 4 heteroatoms. The van der Waals surface area contributed by atoms with Crippen LogP contribution in [0.25, 0.3) is 10.9 Å². The summed E-state index contributed by atoms with van der Waals surface area (Å²) in [6.07, 6.45) is 0. The molecule has 0 aliphatic rings. The Morgan fingerprint density at radius 3 is 2.69 bits per heavy atom. The first-order valence-corrected chi connectivity index (χ1v) is 4.93. The number of nitrogens with zero attached hydrogens (tertiary/aromatic N) is 1. The average molecular weight is 219 g/mol. The molecule has 0 unspecified atom stereocenters. The van der Waals surface area contributed by atoms with E-state index in [1.165, 1.54) is 0 Å². The number of methoxy groups -OCH3 is 1. The molecule has 1 aromatic carbocycles. The molecule has 0 saturated carbocycles. The van der Waals surface area contributed by atoms with E-state index >= 15 is 0 Å². The zero-order chi connectivity index (χ0) is 11.9. The van der Waals surface area contributed by atoms with Gasteiger partial charge in [0.2, 0.25) is 0 Å². The Hall–Kier alpha value is -1.97. The van der Waals surface area contributed by atoms with Crippen LogP contribution in [0.4, 0.5) is 0 Å². The Balaban J connectivity index is 2.95. The molecule has 0 bridgehead atoms. The van der Waals surface area contributed by atoms with Gasteiger partial charge in [0, 0.05) is 18.1 Å². The maximum atomic E-state index is 11.2. The maximum absolute atomic E-state index is 11.2. The highest BCUT2D eigenvalue weighted by Gasteiger charge is 2.19. The highest BCUT2D eigenvalue weighted by atomic mass is 16.5. The van der Waals surface area contributed by atoms with Crippen molar-refractivity contribution in [2.75, 3.05) is 7.11 Å². The summed E-state index contributed by atoms with van der Waals surface area (Å²) in [5, 5.41) is 9.90. The zero-order valence-corrected chi connectivity index (χ0v) is 9.44. The van der Waals surface area contributed by atoms with Gasteiger partial charge in [-0.2, -0.15) is 0 Å². The van der Waals surface area contributed by atoms with E-state index < -0.39 is 5.97 Å². The van der Waals surface area contributed by atoms with Crippen molar-refractivity contribution in [2.45, 2.75) is 6.92 Å². The number of aromatic carboxylic acids is 1. The second kappa shape index (κ2) is 3.56. The highest BCUT2D eigenvalue weighted by Crippen LogP contribution is 2.31. The van der Waals surface area contributed by atoms with Crippen LogP contribution in [0.15, 0.2) is 18.2 Å². The van der Waals surface area contributed by atoms with Gasteiger partial charge < -0.3 is 14.4 Å². The number of aromatic nitrogens is 1. The van der Waals surface area contributed by atoms with Crippen molar-refractivity contribution in [2.24, 2.45) is 7.05 Å². The summed E-state index contributed by atoms with van der Waals surface area (Å²) in [5.41, 5.74) is 1.89. The van der Waals surface area contributed by atoms with Gasteiger partial charge in [0.05, 0.1) is 18.2 Å². The van der Waals surface area contributed by atoms with Crippen molar-refractivity contribution in [3.05, 3.63) is 29.5 Å². The van der Waals surface area contributed by atoms with Gasteiger partial charge in [0.25, 0.3) is 0 Å². The van der Waals surface area contributed by atoms with E-state index in [0.29, 0.717) is 16.7 Å². The molecule has 0 atom stereocenters. The number of ether oxygens (including phenoxy) is 1. The molecule has 0 radical (unpaired) electrons. The lowest BCUT2D eigenvalue weighted by molar-refractivity contribution is 0.0698. The van der Waals surface area contributed by atoms with Gasteiger partial charge in [-0.3, -0.25) is 0 Å². The fourth-order valence-electron chi connectivity index (χ4n) is 2.04. The zero-order valence-electron chi connectivity index (χ0n) is 9.44. The number of para-hydroxylation sites is 1. The SMILES string of the molecule is COc1cccc2c(C(=O)O)c(C)n(C)c12. The van der Waals surface area contributed by atoms with Crippen LogP contribution in [0, 0.1) is 6.92 Å². The van der Waals surface area contributed by atoms with Crippen LogP contribution in [0.2, 0.25) is 0 Å². The molecule has 0 saturated heterocycles. The lowest BCUT2D eigenvalue weighted by Gasteiger charge is -2.04. The van der Waals surface area contributed by atoms with Gasteiger partial charge in [-0.1, -0.05) is 12.1 Å². The molecule has 4 nitrogen and oxygen atoms in total. The van der Waals surface area contributed by atoms with Crippen molar-refractivity contribution < 1.29 is 14.6 Å². The standard InChI is InChI=1S/C12H13NO3/c1-7-10(12(14)15)8-5-4-6-9(16-3)11(8)13(7)2/h4-6H,1-3H3,(H,14,15). The number of carbonyl (C=O) groups is 1. The van der Waals surface area contributed by atoms with E-state index in [2.05, 4.69) is 0 Å². The fraction of sp³-hybridized carbons (Fsp3) is 0.250. The summed E-state index contributed by atoms with van der Waals surface area (Å²) in [6.45, 7) is 1.79. The molecular weight excluding hydrogens is 206 g/mol. The van der Waals surface area contributed by atoms with Crippen LogP contribution < -0.4 is 4.74 Å². The molecule has 16 heavy (non-hydrogen) atoms. The molecule has 1 aromatic heterocycles. The van der Waals surface area contributed by atoms with Crippen molar-refractivity contribution >= 4 is 16.9 Å². The predicted octanol–water partition coefficient (Wildman–Crippen LogP) is 2.19. The van der Waals surface area contributed by atoms with Crippen LogP contribution in [0.1, 0.15) is 16.1 Å². The van der Waals surface area contributed by atoms with Gasteiger partial charge in [0.1, 0.15) is 5.75 Å². The lowest BCUT2D eigenvalue weighted by Crippen LogP contribution is -1.99. The largest absolute Gasteiger partial charge is 0.495 e. The minimum absolute atomic E-state index is 0.344. The van der Waals surface area contributed by atoms with Crippen LogP contribution in [-0.2, 0) is 7.05 Å². The van der Waals surface area contributed by atoms with Crippen LogP contribution in [0.5, 0.6) is 5.75 Å². The Labute approximate surface area is 93.1 Å². The first kappa shape index (κ1) is 10.5. The van der Waals surface area contributed by atoms with Crippen LogP contribution in [-0.4, -0.2) is 22.8 Å². The summed E-state index contributed by atoms with van der Waals surface area (Å²) >= 11 is 0. The quantitative estimate of drug-likeness (QED) is 0.842. The van der Waals surface area contributed by atoms with E-state index in [1.807, 2.05) is 17.7 Å². The molecule has 1 heterocycles. The van der Waals surface area contributed by atoms with E-state index in [-0.39, 0.29) is 0 Å². The second-order valence-corrected chi connectivity index (χ2v) is 3.68. The minimum Gasteiger partial charge on any atom is -0.495 e. The molecule has 0 aliphatic carbocycles. The first-order valence-electron chi connectivity index (χ1n) is 4.93. The Morgan fingerprint density at radius 1 is 1.44 bits per heavy atom.